The van der Waals surface area contributed by atoms with Crippen LogP contribution in [0.15, 0.2) is 12.4 Å². The second-order valence-corrected chi connectivity index (χ2v) is 8.97. The van der Waals surface area contributed by atoms with Crippen LogP contribution in [0.4, 0.5) is 4.79 Å². The summed E-state index contributed by atoms with van der Waals surface area (Å²) < 4.78 is 1.72. The predicted molar refractivity (Wildman–Crippen MR) is 95.6 cm³/mol. The number of aryl methyl sites for hydroxylation is 1. The summed E-state index contributed by atoms with van der Waals surface area (Å²) in [6, 6.07) is 0.113. The molecule has 1 aliphatic heterocycles. The van der Waals surface area contributed by atoms with Gasteiger partial charge < -0.3 is 15.3 Å². The van der Waals surface area contributed by atoms with Crippen LogP contribution in [-0.2, 0) is 11.8 Å². The van der Waals surface area contributed by atoms with Gasteiger partial charge in [0.15, 0.2) is 0 Å². The van der Waals surface area contributed by atoms with Gasteiger partial charge in [-0.1, -0.05) is 13.8 Å². The molecule has 1 aromatic rings. The number of likely N-dealkylation sites (tertiary alicyclic amines) is 1. The van der Waals surface area contributed by atoms with Gasteiger partial charge in [0.05, 0.1) is 12.1 Å². The fraction of sp³-hybridized carbons (Fsp3) is 0.737. The number of nitrogens with one attached hydrogen (secondary N) is 1. The first-order valence-corrected chi connectivity index (χ1v) is 9.52. The molecule has 3 unspecified atom stereocenters. The Morgan fingerprint density at radius 2 is 1.92 bits per heavy atom. The van der Waals surface area contributed by atoms with E-state index in [4.69, 9.17) is 0 Å². The topological polar surface area (TPSA) is 87.5 Å². The molecule has 2 saturated carbocycles. The van der Waals surface area contributed by atoms with Crippen LogP contribution in [-0.4, -0.2) is 50.9 Å². The Bertz CT molecular complexity index is 714. The molecule has 0 bridgehead atoms. The van der Waals surface area contributed by atoms with E-state index < -0.39 is 11.9 Å². The highest BCUT2D eigenvalue weighted by molar-refractivity contribution is 5.77. The molecule has 3 fully saturated rings. The summed E-state index contributed by atoms with van der Waals surface area (Å²) in [5.74, 6) is 0.101. The maximum atomic E-state index is 12.8. The van der Waals surface area contributed by atoms with Crippen molar-refractivity contribution < 1.29 is 14.7 Å². The summed E-state index contributed by atoms with van der Waals surface area (Å²) >= 11 is 0. The predicted octanol–water partition coefficient (Wildman–Crippen LogP) is 2.05. The van der Waals surface area contributed by atoms with Crippen LogP contribution in [0.3, 0.4) is 0 Å². The number of urea groups is 1. The van der Waals surface area contributed by atoms with Gasteiger partial charge in [0, 0.05) is 38.3 Å². The van der Waals surface area contributed by atoms with Crippen LogP contribution in [0.25, 0.3) is 0 Å². The molecular weight excluding hydrogens is 332 g/mol. The summed E-state index contributed by atoms with van der Waals surface area (Å²) in [7, 11) is 1.85. The third-order valence-corrected chi connectivity index (χ3v) is 6.98. The second-order valence-electron chi connectivity index (χ2n) is 8.97. The van der Waals surface area contributed by atoms with E-state index in [0.29, 0.717) is 18.4 Å². The Morgan fingerprint density at radius 1 is 1.23 bits per heavy atom. The normalized spacial score (nSPS) is 35.0. The number of aromatic nitrogens is 2. The van der Waals surface area contributed by atoms with Crippen molar-refractivity contribution in [2.24, 2.45) is 30.2 Å². The number of amides is 2. The lowest BCUT2D eigenvalue weighted by Gasteiger charge is -2.36. The van der Waals surface area contributed by atoms with E-state index in [1.165, 1.54) is 0 Å². The average Bonchev–Trinajstić information content (AvgIpc) is 3.01. The van der Waals surface area contributed by atoms with E-state index >= 15 is 0 Å². The molecular formula is C19H28N4O3. The van der Waals surface area contributed by atoms with Gasteiger partial charge in [0.25, 0.3) is 0 Å². The third-order valence-electron chi connectivity index (χ3n) is 6.98. The molecule has 2 N–H and O–H groups in total. The van der Waals surface area contributed by atoms with Crippen molar-refractivity contribution in [1.29, 1.82) is 0 Å². The quantitative estimate of drug-likeness (QED) is 0.864. The van der Waals surface area contributed by atoms with Crippen LogP contribution in [0.5, 0.6) is 0 Å². The molecule has 3 aliphatic rings. The Labute approximate surface area is 153 Å². The molecule has 2 amide bonds. The minimum absolute atomic E-state index is 0.0141. The van der Waals surface area contributed by atoms with Gasteiger partial charge in [-0.05, 0) is 42.1 Å². The first-order chi connectivity index (χ1) is 12.3. The molecule has 2 aliphatic carbocycles. The molecule has 7 heteroatoms. The number of fused-ring (bicyclic) bond motifs is 1. The van der Waals surface area contributed by atoms with E-state index in [-0.39, 0.29) is 24.5 Å². The highest BCUT2D eigenvalue weighted by atomic mass is 16.4. The number of hydrogen-bond acceptors (Lipinski definition) is 3. The Hall–Kier alpha value is -2.05. The zero-order valence-electron chi connectivity index (χ0n) is 15.7. The fourth-order valence-electron chi connectivity index (χ4n) is 5.22. The Morgan fingerprint density at radius 3 is 2.50 bits per heavy atom. The van der Waals surface area contributed by atoms with Crippen LogP contribution in [0, 0.1) is 23.2 Å². The monoisotopic (exact) mass is 360 g/mol. The lowest BCUT2D eigenvalue weighted by Crippen LogP contribution is -2.51. The van der Waals surface area contributed by atoms with Gasteiger partial charge in [-0.3, -0.25) is 9.48 Å². The molecule has 0 radical (unpaired) electrons. The van der Waals surface area contributed by atoms with Gasteiger partial charge >= 0.3 is 12.0 Å². The lowest BCUT2D eigenvalue weighted by atomic mass is 9.86. The number of carboxylic acids is 1. The molecule has 0 spiro atoms. The number of carbonyl (C=O) groups is 2. The average molecular weight is 360 g/mol. The van der Waals surface area contributed by atoms with Crippen molar-refractivity contribution in [2.45, 2.75) is 45.1 Å². The molecule has 2 heterocycles. The van der Waals surface area contributed by atoms with Crippen LogP contribution >= 0.6 is 0 Å². The Kier molecular flexibility index (Phi) is 4.00. The number of hydrogen-bond donors (Lipinski definition) is 2. The summed E-state index contributed by atoms with van der Waals surface area (Å²) in [4.78, 5) is 26.1. The summed E-state index contributed by atoms with van der Waals surface area (Å²) in [6.07, 6.45) is 6.33. The van der Waals surface area contributed by atoms with E-state index in [1.54, 1.807) is 15.8 Å². The van der Waals surface area contributed by atoms with Crippen LogP contribution < -0.4 is 5.32 Å². The Balaban J connectivity index is 1.41. The number of rotatable bonds is 3. The van der Waals surface area contributed by atoms with Crippen molar-refractivity contribution in [3.63, 3.8) is 0 Å². The van der Waals surface area contributed by atoms with Gasteiger partial charge in [0.1, 0.15) is 0 Å². The van der Waals surface area contributed by atoms with Crippen molar-refractivity contribution in [2.75, 3.05) is 13.1 Å². The number of nitrogens with zero attached hydrogens (tertiary/aromatic N) is 3. The zero-order valence-corrected chi connectivity index (χ0v) is 15.7. The largest absolute Gasteiger partial charge is 0.481 e. The van der Waals surface area contributed by atoms with Gasteiger partial charge in [-0.2, -0.15) is 5.10 Å². The summed E-state index contributed by atoms with van der Waals surface area (Å²) in [6.45, 7) is 5.44. The summed E-state index contributed by atoms with van der Waals surface area (Å²) in [5, 5.41) is 16.9. The van der Waals surface area contributed by atoms with E-state index in [0.717, 1.165) is 30.2 Å². The van der Waals surface area contributed by atoms with Crippen LogP contribution in [0.2, 0.25) is 0 Å². The fourth-order valence-corrected chi connectivity index (χ4v) is 5.22. The molecule has 0 aromatic carbocycles. The molecule has 4 rings (SSSR count). The van der Waals surface area contributed by atoms with E-state index in [1.807, 2.05) is 13.2 Å². The highest BCUT2D eigenvalue weighted by Gasteiger charge is 2.62. The maximum Gasteiger partial charge on any atom is 0.317 e. The molecule has 26 heavy (non-hydrogen) atoms. The minimum Gasteiger partial charge on any atom is -0.481 e. The maximum absolute atomic E-state index is 12.8. The second kappa shape index (κ2) is 5.99. The highest BCUT2D eigenvalue weighted by Crippen LogP contribution is 2.66. The first kappa shape index (κ1) is 17.4. The lowest BCUT2D eigenvalue weighted by molar-refractivity contribution is -0.143. The number of carboxylic acid groups (broad SMARTS) is 1. The van der Waals surface area contributed by atoms with Crippen molar-refractivity contribution >= 4 is 12.0 Å². The van der Waals surface area contributed by atoms with Gasteiger partial charge in [0.2, 0.25) is 0 Å². The molecule has 1 saturated heterocycles. The number of piperidine rings is 1. The van der Waals surface area contributed by atoms with Crippen molar-refractivity contribution in [1.82, 2.24) is 20.0 Å². The SMILES string of the molecule is Cn1cc(C2CC(C(=O)O)CN(C(=O)NC3C[C@@H]4[C@H](C3)C4(C)C)C2)cn1. The minimum atomic E-state index is -0.833. The smallest absolute Gasteiger partial charge is 0.317 e. The standard InChI is InChI=1S/C19H28N4O3/c1-19(2)15-5-14(6-16(15)19)21-18(26)23-9-11(4-12(10-23)17(24)25)13-7-20-22(3)8-13/h7-8,11-12,14-16H,4-6,9-10H2,1-3H3,(H,21,26)(H,24,25)/t11?,12?,14?,15-,16+. The summed E-state index contributed by atoms with van der Waals surface area (Å²) in [5.41, 5.74) is 1.44. The molecule has 142 valence electrons. The third kappa shape index (κ3) is 2.97. The zero-order chi connectivity index (χ0) is 18.6. The molecule has 1 aromatic heterocycles. The first-order valence-electron chi connectivity index (χ1n) is 9.52. The van der Waals surface area contributed by atoms with E-state index in [9.17, 15) is 14.7 Å². The van der Waals surface area contributed by atoms with Crippen LogP contribution in [0.1, 0.15) is 44.6 Å². The molecule has 7 nitrogen and oxygen atoms in total. The van der Waals surface area contributed by atoms with Gasteiger partial charge in [-0.25, -0.2) is 4.79 Å². The molecule has 5 atom stereocenters. The van der Waals surface area contributed by atoms with E-state index in [2.05, 4.69) is 24.3 Å². The number of aliphatic carboxylic acids is 1. The van der Waals surface area contributed by atoms with Crippen molar-refractivity contribution in [3.8, 4) is 0 Å². The number of carbonyl (C=O) groups excluding carboxylic acids is 1. The van der Waals surface area contributed by atoms with Crippen molar-refractivity contribution in [3.05, 3.63) is 18.0 Å². The van der Waals surface area contributed by atoms with Gasteiger partial charge in [-0.15, -0.1) is 0 Å².